The van der Waals surface area contributed by atoms with Crippen LogP contribution in [-0.4, -0.2) is 27.2 Å². The molecule has 6 heteroatoms. The van der Waals surface area contributed by atoms with Gasteiger partial charge in [0.05, 0.1) is 11.4 Å². The number of nitrogens with zero attached hydrogens (tertiary/aromatic N) is 3. The number of hydrogen-bond donors (Lipinski definition) is 1. The number of carbonyl (C=O) groups excluding carboxylic acids is 1. The van der Waals surface area contributed by atoms with Crippen molar-refractivity contribution in [1.82, 2.24) is 20.1 Å². The Kier molecular flexibility index (Phi) is 5.53. The number of thiazole rings is 1. The van der Waals surface area contributed by atoms with Crippen molar-refractivity contribution in [2.24, 2.45) is 0 Å². The highest BCUT2D eigenvalue weighted by atomic mass is 32.1. The fourth-order valence-corrected chi connectivity index (χ4v) is 4.05. The summed E-state index contributed by atoms with van der Waals surface area (Å²) in [6, 6.07) is 19.8. The van der Waals surface area contributed by atoms with Gasteiger partial charge in [0.15, 0.2) is 0 Å². The number of hydrogen-bond acceptors (Lipinski definition) is 4. The van der Waals surface area contributed by atoms with Gasteiger partial charge in [-0.3, -0.25) is 4.79 Å². The molecule has 4 rings (SSSR count). The van der Waals surface area contributed by atoms with Crippen molar-refractivity contribution in [2.45, 2.75) is 20.3 Å². The SMILES string of the molecule is Cc1cc(C)n(-c2nc(CCNC(=O)c3ccc(-c4ccccc4)cc3)cs2)n1. The zero-order valence-corrected chi connectivity index (χ0v) is 17.2. The first-order valence-corrected chi connectivity index (χ1v) is 10.4. The summed E-state index contributed by atoms with van der Waals surface area (Å²) in [6.45, 7) is 4.53. The van der Waals surface area contributed by atoms with Gasteiger partial charge in [0.2, 0.25) is 5.13 Å². The largest absolute Gasteiger partial charge is 0.352 e. The summed E-state index contributed by atoms with van der Waals surface area (Å²) in [5.74, 6) is -0.0707. The van der Waals surface area contributed by atoms with Gasteiger partial charge in [0.1, 0.15) is 0 Å². The van der Waals surface area contributed by atoms with E-state index in [1.165, 1.54) is 0 Å². The predicted octanol–water partition coefficient (Wildman–Crippen LogP) is 4.59. The number of rotatable bonds is 6. The van der Waals surface area contributed by atoms with Crippen molar-refractivity contribution >= 4 is 17.2 Å². The van der Waals surface area contributed by atoms with Crippen molar-refractivity contribution in [3.05, 3.63) is 88.7 Å². The highest BCUT2D eigenvalue weighted by molar-refractivity contribution is 7.12. The Hall–Kier alpha value is -3.25. The highest BCUT2D eigenvalue weighted by Gasteiger charge is 2.10. The summed E-state index contributed by atoms with van der Waals surface area (Å²) in [5.41, 5.74) is 5.90. The van der Waals surface area contributed by atoms with Gasteiger partial charge in [-0.25, -0.2) is 9.67 Å². The van der Waals surface area contributed by atoms with Crippen LogP contribution in [-0.2, 0) is 6.42 Å². The van der Waals surface area contributed by atoms with E-state index in [1.54, 1.807) is 11.3 Å². The molecule has 0 bridgehead atoms. The molecule has 146 valence electrons. The normalized spacial score (nSPS) is 10.8. The number of carbonyl (C=O) groups is 1. The summed E-state index contributed by atoms with van der Waals surface area (Å²) in [6.07, 6.45) is 0.684. The van der Waals surface area contributed by atoms with E-state index in [4.69, 9.17) is 0 Å². The van der Waals surface area contributed by atoms with E-state index in [1.807, 2.05) is 72.4 Å². The fraction of sp³-hybridized carbons (Fsp3) is 0.174. The average molecular weight is 403 g/mol. The maximum absolute atomic E-state index is 12.4. The van der Waals surface area contributed by atoms with Crippen LogP contribution >= 0.6 is 11.3 Å². The molecule has 0 unspecified atom stereocenters. The molecule has 1 amide bonds. The molecule has 0 aliphatic carbocycles. The van der Waals surface area contributed by atoms with E-state index < -0.39 is 0 Å². The lowest BCUT2D eigenvalue weighted by Crippen LogP contribution is -2.25. The van der Waals surface area contributed by atoms with Gasteiger partial charge >= 0.3 is 0 Å². The Labute approximate surface area is 174 Å². The monoisotopic (exact) mass is 402 g/mol. The van der Waals surface area contributed by atoms with E-state index in [0.29, 0.717) is 18.5 Å². The van der Waals surface area contributed by atoms with Crippen molar-refractivity contribution in [1.29, 1.82) is 0 Å². The zero-order valence-electron chi connectivity index (χ0n) is 16.4. The van der Waals surface area contributed by atoms with Gasteiger partial charge in [0.25, 0.3) is 5.91 Å². The quantitative estimate of drug-likeness (QED) is 0.513. The van der Waals surface area contributed by atoms with Crippen molar-refractivity contribution in [3.8, 4) is 16.3 Å². The molecule has 2 aromatic carbocycles. The molecule has 0 spiro atoms. The van der Waals surface area contributed by atoms with Gasteiger partial charge < -0.3 is 5.32 Å². The number of nitrogens with one attached hydrogen (secondary N) is 1. The van der Waals surface area contributed by atoms with E-state index in [2.05, 4.69) is 27.5 Å². The molecule has 0 atom stereocenters. The van der Waals surface area contributed by atoms with Crippen LogP contribution in [0.2, 0.25) is 0 Å². The lowest BCUT2D eigenvalue weighted by Gasteiger charge is -2.06. The minimum atomic E-state index is -0.0707. The molecular weight excluding hydrogens is 380 g/mol. The van der Waals surface area contributed by atoms with Crippen molar-refractivity contribution in [3.63, 3.8) is 0 Å². The van der Waals surface area contributed by atoms with Gasteiger partial charge in [-0.05, 0) is 43.2 Å². The molecule has 0 fully saturated rings. The van der Waals surface area contributed by atoms with Crippen LogP contribution in [0.1, 0.15) is 27.4 Å². The second kappa shape index (κ2) is 8.41. The van der Waals surface area contributed by atoms with E-state index in [0.717, 1.165) is 33.3 Å². The first-order valence-electron chi connectivity index (χ1n) is 9.52. The van der Waals surface area contributed by atoms with Gasteiger partial charge in [-0.15, -0.1) is 11.3 Å². The van der Waals surface area contributed by atoms with E-state index in [-0.39, 0.29) is 5.91 Å². The molecule has 0 saturated heterocycles. The van der Waals surface area contributed by atoms with Crippen LogP contribution < -0.4 is 5.32 Å². The Morgan fingerprint density at radius 2 is 1.76 bits per heavy atom. The Morgan fingerprint density at radius 1 is 1.03 bits per heavy atom. The summed E-state index contributed by atoms with van der Waals surface area (Å²) in [5, 5.41) is 10.3. The Bertz CT molecular complexity index is 1110. The van der Waals surface area contributed by atoms with Gasteiger partial charge in [-0.1, -0.05) is 42.5 Å². The van der Waals surface area contributed by atoms with Crippen LogP contribution in [0.3, 0.4) is 0 Å². The average Bonchev–Trinajstić information content (AvgIpc) is 3.34. The fourth-order valence-electron chi connectivity index (χ4n) is 3.18. The lowest BCUT2D eigenvalue weighted by molar-refractivity contribution is 0.0954. The van der Waals surface area contributed by atoms with E-state index >= 15 is 0 Å². The first kappa shape index (κ1) is 19.1. The molecule has 2 aromatic heterocycles. The summed E-state index contributed by atoms with van der Waals surface area (Å²) < 4.78 is 1.86. The Morgan fingerprint density at radius 3 is 2.45 bits per heavy atom. The number of amides is 1. The van der Waals surface area contributed by atoms with Gasteiger partial charge in [-0.2, -0.15) is 5.10 Å². The molecule has 2 heterocycles. The summed E-state index contributed by atoms with van der Waals surface area (Å²) in [4.78, 5) is 17.1. The minimum absolute atomic E-state index is 0.0707. The molecule has 0 aliphatic heterocycles. The van der Waals surface area contributed by atoms with Crippen LogP contribution in [0, 0.1) is 13.8 Å². The molecule has 0 aliphatic rings. The standard InChI is InChI=1S/C23H22N4OS/c1-16-14-17(2)27(26-16)23-25-21(15-29-23)12-13-24-22(28)20-10-8-19(9-11-20)18-6-4-3-5-7-18/h3-11,14-15H,12-13H2,1-2H3,(H,24,28). The maximum atomic E-state index is 12.4. The molecule has 4 aromatic rings. The highest BCUT2D eigenvalue weighted by Crippen LogP contribution is 2.19. The van der Waals surface area contributed by atoms with Crippen LogP contribution in [0.25, 0.3) is 16.3 Å². The molecule has 1 N–H and O–H groups in total. The zero-order chi connectivity index (χ0) is 20.2. The second-order valence-electron chi connectivity index (χ2n) is 6.91. The van der Waals surface area contributed by atoms with Crippen molar-refractivity contribution < 1.29 is 4.79 Å². The third-order valence-electron chi connectivity index (χ3n) is 4.65. The predicted molar refractivity (Wildman–Crippen MR) is 117 cm³/mol. The number of benzene rings is 2. The van der Waals surface area contributed by atoms with E-state index in [9.17, 15) is 4.79 Å². The second-order valence-corrected chi connectivity index (χ2v) is 7.75. The molecular formula is C23H22N4OS. The topological polar surface area (TPSA) is 59.8 Å². The molecule has 0 radical (unpaired) electrons. The van der Waals surface area contributed by atoms with Crippen LogP contribution in [0.4, 0.5) is 0 Å². The van der Waals surface area contributed by atoms with Gasteiger partial charge in [0, 0.05) is 29.6 Å². The molecule has 29 heavy (non-hydrogen) atoms. The first-order chi connectivity index (χ1) is 14.1. The number of aromatic nitrogens is 3. The van der Waals surface area contributed by atoms with Crippen LogP contribution in [0.15, 0.2) is 66.0 Å². The molecule has 0 saturated carbocycles. The van der Waals surface area contributed by atoms with Crippen LogP contribution in [0.5, 0.6) is 0 Å². The van der Waals surface area contributed by atoms with Crippen molar-refractivity contribution in [2.75, 3.05) is 6.54 Å². The minimum Gasteiger partial charge on any atom is -0.352 e. The third-order valence-corrected chi connectivity index (χ3v) is 5.52. The third kappa shape index (κ3) is 4.43. The Balaban J connectivity index is 1.33. The maximum Gasteiger partial charge on any atom is 0.251 e. The smallest absolute Gasteiger partial charge is 0.251 e. The number of aryl methyl sites for hydroxylation is 2. The summed E-state index contributed by atoms with van der Waals surface area (Å²) >= 11 is 1.56. The summed E-state index contributed by atoms with van der Waals surface area (Å²) in [7, 11) is 0. The lowest BCUT2D eigenvalue weighted by atomic mass is 10.0. The molecule has 5 nitrogen and oxygen atoms in total.